The van der Waals surface area contributed by atoms with Crippen LogP contribution < -0.4 is 9.62 Å². The van der Waals surface area contributed by atoms with Crippen LogP contribution in [0.4, 0.5) is 14.5 Å². The second-order valence-electron chi connectivity index (χ2n) is 9.44. The number of rotatable bonds is 11. The monoisotopic (exact) mass is 557 g/mol. The molecule has 0 aliphatic carbocycles. The predicted octanol–water partition coefficient (Wildman–Crippen LogP) is 4.80. The maximum absolute atomic E-state index is 13.8. The number of benzene rings is 3. The number of sulfonamides is 1. The molecule has 0 saturated carbocycles. The normalized spacial score (nSPS) is 12.9. The molecule has 3 aromatic rings. The highest BCUT2D eigenvalue weighted by atomic mass is 32.2. The first-order chi connectivity index (χ1) is 18.4. The smallest absolute Gasteiger partial charge is 0.264 e. The minimum atomic E-state index is -4.29. The van der Waals surface area contributed by atoms with Gasteiger partial charge in [0.2, 0.25) is 11.8 Å². The van der Waals surface area contributed by atoms with E-state index in [0.29, 0.717) is 12.0 Å². The van der Waals surface area contributed by atoms with Crippen LogP contribution in [0.15, 0.2) is 77.7 Å². The average Bonchev–Trinajstić information content (AvgIpc) is 2.91. The fraction of sp³-hybridized carbons (Fsp3) is 0.310. The van der Waals surface area contributed by atoms with Crippen molar-refractivity contribution in [2.24, 2.45) is 0 Å². The lowest BCUT2D eigenvalue weighted by molar-refractivity contribution is -0.139. The van der Waals surface area contributed by atoms with Gasteiger partial charge in [0.05, 0.1) is 10.6 Å². The van der Waals surface area contributed by atoms with Crippen LogP contribution in [0.25, 0.3) is 0 Å². The van der Waals surface area contributed by atoms with Gasteiger partial charge in [-0.05, 0) is 81.3 Å². The number of hydrogen-bond donors (Lipinski definition) is 1. The quantitative estimate of drug-likeness (QED) is 0.367. The van der Waals surface area contributed by atoms with Gasteiger partial charge < -0.3 is 10.2 Å². The lowest BCUT2D eigenvalue weighted by Crippen LogP contribution is -2.52. The molecule has 0 aliphatic heterocycles. The van der Waals surface area contributed by atoms with Gasteiger partial charge in [-0.2, -0.15) is 0 Å². The first-order valence-corrected chi connectivity index (χ1v) is 14.1. The molecule has 3 aromatic carbocycles. The van der Waals surface area contributed by atoms with Crippen LogP contribution in [-0.2, 0) is 26.2 Å². The summed E-state index contributed by atoms with van der Waals surface area (Å²) in [5.74, 6) is -2.09. The third-order valence-electron chi connectivity index (χ3n) is 6.44. The van der Waals surface area contributed by atoms with Crippen molar-refractivity contribution >= 4 is 27.5 Å². The van der Waals surface area contributed by atoms with Crippen LogP contribution in [-0.4, -0.2) is 43.8 Å². The van der Waals surface area contributed by atoms with Gasteiger partial charge in [-0.25, -0.2) is 17.2 Å². The van der Waals surface area contributed by atoms with Gasteiger partial charge in [-0.3, -0.25) is 13.9 Å². The van der Waals surface area contributed by atoms with Crippen LogP contribution in [0.3, 0.4) is 0 Å². The molecule has 0 aliphatic rings. The molecule has 0 unspecified atom stereocenters. The van der Waals surface area contributed by atoms with E-state index in [1.165, 1.54) is 29.2 Å². The molecule has 0 heterocycles. The van der Waals surface area contributed by atoms with Crippen molar-refractivity contribution < 1.29 is 26.8 Å². The first-order valence-electron chi connectivity index (χ1n) is 12.6. The zero-order valence-corrected chi connectivity index (χ0v) is 23.2. The number of carbonyl (C=O) groups is 2. The van der Waals surface area contributed by atoms with E-state index in [-0.39, 0.29) is 23.2 Å². The van der Waals surface area contributed by atoms with Gasteiger partial charge >= 0.3 is 0 Å². The fourth-order valence-corrected chi connectivity index (χ4v) is 5.22. The van der Waals surface area contributed by atoms with Crippen LogP contribution in [0.1, 0.15) is 38.3 Å². The number of nitrogens with zero attached hydrogens (tertiary/aromatic N) is 2. The van der Waals surface area contributed by atoms with Crippen LogP contribution >= 0.6 is 0 Å². The highest BCUT2D eigenvalue weighted by molar-refractivity contribution is 7.92. The third-order valence-corrected chi connectivity index (χ3v) is 8.23. The molecular weight excluding hydrogens is 524 g/mol. The van der Waals surface area contributed by atoms with E-state index < -0.39 is 46.1 Å². The van der Waals surface area contributed by atoms with E-state index in [9.17, 15) is 26.8 Å². The second-order valence-corrected chi connectivity index (χ2v) is 11.3. The summed E-state index contributed by atoms with van der Waals surface area (Å²) in [6.07, 6.45) is 0.682. The Hall–Kier alpha value is -3.79. The van der Waals surface area contributed by atoms with Gasteiger partial charge in [0.15, 0.2) is 0 Å². The van der Waals surface area contributed by atoms with Gasteiger partial charge in [0, 0.05) is 12.6 Å². The molecule has 1 N–H and O–H groups in total. The number of nitrogens with one attached hydrogen (secondary N) is 1. The highest BCUT2D eigenvalue weighted by Crippen LogP contribution is 2.25. The summed E-state index contributed by atoms with van der Waals surface area (Å²) in [5, 5.41) is 2.85. The summed E-state index contributed by atoms with van der Waals surface area (Å²) in [7, 11) is -4.29. The number of anilines is 1. The molecular formula is C29H33F2N3O4S. The molecule has 208 valence electrons. The van der Waals surface area contributed by atoms with E-state index in [4.69, 9.17) is 0 Å². The highest BCUT2D eigenvalue weighted by Gasteiger charge is 2.32. The van der Waals surface area contributed by atoms with Crippen molar-refractivity contribution in [1.82, 2.24) is 10.2 Å². The van der Waals surface area contributed by atoms with Crippen LogP contribution in [0.5, 0.6) is 0 Å². The van der Waals surface area contributed by atoms with Crippen molar-refractivity contribution in [3.63, 3.8) is 0 Å². The molecule has 0 aromatic heterocycles. The maximum atomic E-state index is 13.8. The van der Waals surface area contributed by atoms with Gasteiger partial charge in [-0.15, -0.1) is 0 Å². The maximum Gasteiger partial charge on any atom is 0.264 e. The Morgan fingerprint density at radius 1 is 0.872 bits per heavy atom. The largest absolute Gasteiger partial charge is 0.352 e. The van der Waals surface area contributed by atoms with Crippen molar-refractivity contribution in [1.29, 1.82) is 0 Å². The van der Waals surface area contributed by atoms with Gasteiger partial charge in [0.25, 0.3) is 10.0 Å². The predicted molar refractivity (Wildman–Crippen MR) is 146 cm³/mol. The van der Waals surface area contributed by atoms with Crippen LogP contribution in [0.2, 0.25) is 0 Å². The van der Waals surface area contributed by atoms with Crippen LogP contribution in [0, 0.1) is 18.6 Å². The lowest BCUT2D eigenvalue weighted by Gasteiger charge is -2.32. The molecule has 7 nitrogen and oxygen atoms in total. The molecule has 39 heavy (non-hydrogen) atoms. The van der Waals surface area contributed by atoms with E-state index in [2.05, 4.69) is 5.32 Å². The Balaban J connectivity index is 2.01. The molecule has 2 atom stereocenters. The SMILES string of the molecule is CC[C@H](C)NC(=O)[C@@H](C)N(Cc1ccc(F)cc1)C(=O)CN(c1ccc(C)cc1)S(=O)(=O)c1ccc(F)cc1. The summed E-state index contributed by atoms with van der Waals surface area (Å²) < 4.78 is 55.4. The van der Waals surface area contributed by atoms with Crippen molar-refractivity contribution in [2.75, 3.05) is 10.8 Å². The summed E-state index contributed by atoms with van der Waals surface area (Å²) in [6, 6.07) is 15.3. The summed E-state index contributed by atoms with van der Waals surface area (Å²) in [4.78, 5) is 27.9. The number of hydrogen-bond acceptors (Lipinski definition) is 4. The number of amides is 2. The molecule has 3 rings (SSSR count). The molecule has 0 saturated heterocycles. The second kappa shape index (κ2) is 12.8. The first kappa shape index (κ1) is 29.8. The van der Waals surface area contributed by atoms with Crippen molar-refractivity contribution in [2.45, 2.75) is 57.6 Å². The summed E-state index contributed by atoms with van der Waals surface area (Å²) >= 11 is 0. The average molecular weight is 558 g/mol. The van der Waals surface area contributed by atoms with Gasteiger partial charge in [-0.1, -0.05) is 36.8 Å². The lowest BCUT2D eigenvalue weighted by atomic mass is 10.1. The summed E-state index contributed by atoms with van der Waals surface area (Å²) in [6.45, 7) is 6.49. The Kier molecular flexibility index (Phi) is 9.80. The number of carbonyl (C=O) groups excluding carboxylic acids is 2. The number of aryl methyl sites for hydroxylation is 1. The Bertz CT molecular complexity index is 1380. The zero-order chi connectivity index (χ0) is 28.7. The Morgan fingerprint density at radius 2 is 1.41 bits per heavy atom. The Labute approximate surface area is 228 Å². The zero-order valence-electron chi connectivity index (χ0n) is 22.4. The van der Waals surface area contributed by atoms with E-state index in [0.717, 1.165) is 34.1 Å². The third kappa shape index (κ3) is 7.63. The topological polar surface area (TPSA) is 86.8 Å². The minimum Gasteiger partial charge on any atom is -0.352 e. The molecule has 0 spiro atoms. The molecule has 0 fully saturated rings. The molecule has 0 bridgehead atoms. The standard InChI is InChI=1S/C29H33F2N3O4S/c1-5-21(3)32-29(36)22(4)33(18-23-8-10-24(30)11-9-23)28(35)19-34(26-14-6-20(2)7-15-26)39(37,38)27-16-12-25(31)13-17-27/h6-17,21-22H,5,18-19H2,1-4H3,(H,32,36)/t21-,22+/m0/s1. The van der Waals surface area contributed by atoms with Gasteiger partial charge in [0.1, 0.15) is 24.2 Å². The molecule has 0 radical (unpaired) electrons. The minimum absolute atomic E-state index is 0.0491. The number of halogens is 2. The van der Waals surface area contributed by atoms with Crippen molar-refractivity contribution in [3.8, 4) is 0 Å². The van der Waals surface area contributed by atoms with Crippen molar-refractivity contribution in [3.05, 3.63) is 95.6 Å². The fourth-order valence-electron chi connectivity index (χ4n) is 3.81. The molecule has 10 heteroatoms. The molecule has 2 amide bonds. The van der Waals surface area contributed by atoms with E-state index in [1.54, 1.807) is 31.2 Å². The summed E-state index contributed by atoms with van der Waals surface area (Å²) in [5.41, 5.74) is 1.69. The van der Waals surface area contributed by atoms with E-state index >= 15 is 0 Å². The Morgan fingerprint density at radius 3 is 1.95 bits per heavy atom. The van der Waals surface area contributed by atoms with E-state index in [1.807, 2.05) is 20.8 Å².